The first-order valence-corrected chi connectivity index (χ1v) is 10.9. The lowest BCUT2D eigenvalue weighted by Gasteiger charge is -2.10. The molecule has 30 heavy (non-hydrogen) atoms. The molecule has 0 radical (unpaired) electrons. The number of hydrogen-bond acceptors (Lipinski definition) is 4. The molecule has 4 nitrogen and oxygen atoms in total. The van der Waals surface area contributed by atoms with E-state index in [1.807, 2.05) is 80.6 Å². The minimum Gasteiger partial charge on any atom is -0.325 e. The van der Waals surface area contributed by atoms with Crippen molar-refractivity contribution in [3.63, 3.8) is 0 Å². The van der Waals surface area contributed by atoms with Gasteiger partial charge in [-0.2, -0.15) is 0 Å². The molecule has 4 aromatic rings. The standard InChI is InChI=1S/C24H20ClN3OS/c1-15-8-10-19(12-16(15)2)26-22(29)14-30-24-20-13-18(25)9-11-21(20)27-23(28-24)17-6-4-3-5-7-17/h3-13H,14H2,1-2H3,(H,26,29). The number of aryl methyl sites for hydroxylation is 2. The Bertz CT molecular complexity index is 1230. The van der Waals surface area contributed by atoms with E-state index in [4.69, 9.17) is 16.6 Å². The number of thioether (sulfide) groups is 1. The molecular weight excluding hydrogens is 414 g/mol. The van der Waals surface area contributed by atoms with Crippen LogP contribution in [0.4, 0.5) is 5.69 Å². The van der Waals surface area contributed by atoms with E-state index in [1.54, 1.807) is 0 Å². The molecule has 0 aliphatic rings. The normalized spacial score (nSPS) is 10.9. The van der Waals surface area contributed by atoms with Crippen LogP contribution in [0.25, 0.3) is 22.3 Å². The number of anilines is 1. The second-order valence-corrected chi connectivity index (χ2v) is 8.42. The first-order valence-electron chi connectivity index (χ1n) is 9.52. The van der Waals surface area contributed by atoms with E-state index in [-0.39, 0.29) is 11.7 Å². The van der Waals surface area contributed by atoms with E-state index >= 15 is 0 Å². The van der Waals surface area contributed by atoms with Crippen LogP contribution in [0, 0.1) is 13.8 Å². The van der Waals surface area contributed by atoms with Crippen molar-refractivity contribution in [3.8, 4) is 11.4 Å². The van der Waals surface area contributed by atoms with E-state index in [1.165, 1.54) is 17.3 Å². The molecule has 1 N–H and O–H groups in total. The Labute approximate surface area is 184 Å². The predicted molar refractivity (Wildman–Crippen MR) is 125 cm³/mol. The van der Waals surface area contributed by atoms with Gasteiger partial charge in [0.15, 0.2) is 5.82 Å². The highest BCUT2D eigenvalue weighted by molar-refractivity contribution is 8.00. The van der Waals surface area contributed by atoms with Gasteiger partial charge in [0.2, 0.25) is 5.91 Å². The molecular formula is C24H20ClN3OS. The molecule has 0 unspecified atom stereocenters. The fourth-order valence-electron chi connectivity index (χ4n) is 3.05. The van der Waals surface area contributed by atoms with E-state index in [0.717, 1.165) is 32.7 Å². The van der Waals surface area contributed by atoms with Crippen LogP contribution in [0.5, 0.6) is 0 Å². The minimum atomic E-state index is -0.0849. The lowest BCUT2D eigenvalue weighted by Crippen LogP contribution is -2.14. The van der Waals surface area contributed by atoms with Crippen LogP contribution in [-0.2, 0) is 4.79 Å². The van der Waals surface area contributed by atoms with Crippen LogP contribution in [0.15, 0.2) is 71.8 Å². The van der Waals surface area contributed by atoms with Crippen LogP contribution in [0.1, 0.15) is 11.1 Å². The molecule has 0 atom stereocenters. The Morgan fingerprint density at radius 3 is 2.53 bits per heavy atom. The second-order valence-electron chi connectivity index (χ2n) is 7.02. The molecule has 0 saturated heterocycles. The van der Waals surface area contributed by atoms with Crippen molar-refractivity contribution in [2.45, 2.75) is 18.9 Å². The Morgan fingerprint density at radius 2 is 1.77 bits per heavy atom. The molecule has 1 aromatic heterocycles. The van der Waals surface area contributed by atoms with Gasteiger partial charge in [-0.15, -0.1) is 0 Å². The summed E-state index contributed by atoms with van der Waals surface area (Å²) in [6, 6.07) is 21.2. The quantitative estimate of drug-likeness (QED) is 0.296. The number of rotatable bonds is 5. The topological polar surface area (TPSA) is 54.9 Å². The third-order valence-electron chi connectivity index (χ3n) is 4.79. The Kier molecular flexibility index (Phi) is 6.02. The minimum absolute atomic E-state index is 0.0849. The molecule has 0 aliphatic heterocycles. The number of carbonyl (C=O) groups is 1. The number of aromatic nitrogens is 2. The number of halogens is 1. The summed E-state index contributed by atoms with van der Waals surface area (Å²) < 4.78 is 0. The third-order valence-corrected chi connectivity index (χ3v) is 6.01. The van der Waals surface area contributed by atoms with Crippen LogP contribution in [0.2, 0.25) is 5.02 Å². The zero-order valence-electron chi connectivity index (χ0n) is 16.6. The van der Waals surface area contributed by atoms with Gasteiger partial charge in [-0.05, 0) is 55.3 Å². The molecule has 3 aromatic carbocycles. The summed E-state index contributed by atoms with van der Waals surface area (Å²) >= 11 is 7.58. The van der Waals surface area contributed by atoms with Gasteiger partial charge >= 0.3 is 0 Å². The molecule has 0 bridgehead atoms. The maximum Gasteiger partial charge on any atom is 0.234 e. The summed E-state index contributed by atoms with van der Waals surface area (Å²) in [6.07, 6.45) is 0. The maximum absolute atomic E-state index is 12.5. The van der Waals surface area contributed by atoms with Crippen molar-refractivity contribution < 1.29 is 4.79 Å². The van der Waals surface area contributed by atoms with Gasteiger partial charge in [0, 0.05) is 21.7 Å². The highest BCUT2D eigenvalue weighted by Gasteiger charge is 2.13. The van der Waals surface area contributed by atoms with Crippen molar-refractivity contribution >= 4 is 45.9 Å². The van der Waals surface area contributed by atoms with Crippen molar-refractivity contribution in [1.82, 2.24) is 9.97 Å². The monoisotopic (exact) mass is 433 g/mol. The van der Waals surface area contributed by atoms with Gasteiger partial charge in [0.05, 0.1) is 11.3 Å². The molecule has 0 saturated carbocycles. The first kappa shape index (κ1) is 20.4. The van der Waals surface area contributed by atoms with Crippen LogP contribution >= 0.6 is 23.4 Å². The highest BCUT2D eigenvalue weighted by Crippen LogP contribution is 2.30. The smallest absolute Gasteiger partial charge is 0.234 e. The molecule has 6 heteroatoms. The number of nitrogens with zero attached hydrogens (tertiary/aromatic N) is 2. The molecule has 0 fully saturated rings. The Hall–Kier alpha value is -2.89. The molecule has 150 valence electrons. The molecule has 1 amide bonds. The average molecular weight is 434 g/mol. The van der Waals surface area contributed by atoms with E-state index < -0.39 is 0 Å². The summed E-state index contributed by atoms with van der Waals surface area (Å²) in [4.78, 5) is 21.9. The fourth-order valence-corrected chi connectivity index (χ4v) is 4.03. The number of hydrogen-bond donors (Lipinski definition) is 1. The lowest BCUT2D eigenvalue weighted by molar-refractivity contribution is -0.113. The highest BCUT2D eigenvalue weighted by atomic mass is 35.5. The summed E-state index contributed by atoms with van der Waals surface area (Å²) in [5.74, 6) is 0.778. The van der Waals surface area contributed by atoms with Gasteiger partial charge in [-0.3, -0.25) is 4.79 Å². The Morgan fingerprint density at radius 1 is 0.967 bits per heavy atom. The third kappa shape index (κ3) is 4.64. The number of fused-ring (bicyclic) bond motifs is 1. The summed E-state index contributed by atoms with van der Waals surface area (Å²) in [5.41, 5.74) is 4.86. The second kappa shape index (κ2) is 8.86. The zero-order chi connectivity index (χ0) is 21.1. The molecule has 0 spiro atoms. The lowest BCUT2D eigenvalue weighted by atomic mass is 10.1. The number of amides is 1. The van der Waals surface area contributed by atoms with Gasteiger partial charge in [-0.1, -0.05) is 59.8 Å². The number of carbonyl (C=O) groups excluding carboxylic acids is 1. The summed E-state index contributed by atoms with van der Waals surface area (Å²) in [7, 11) is 0. The van der Waals surface area contributed by atoms with Crippen molar-refractivity contribution in [3.05, 3.63) is 82.9 Å². The fraction of sp³-hybridized carbons (Fsp3) is 0.125. The van der Waals surface area contributed by atoms with Crippen LogP contribution in [-0.4, -0.2) is 21.6 Å². The van der Waals surface area contributed by atoms with Gasteiger partial charge in [0.25, 0.3) is 0 Å². The van der Waals surface area contributed by atoms with Crippen LogP contribution < -0.4 is 5.32 Å². The van der Waals surface area contributed by atoms with Crippen molar-refractivity contribution in [2.75, 3.05) is 11.1 Å². The zero-order valence-corrected chi connectivity index (χ0v) is 18.2. The first-order chi connectivity index (χ1) is 14.5. The van der Waals surface area contributed by atoms with E-state index in [2.05, 4.69) is 10.3 Å². The van der Waals surface area contributed by atoms with Gasteiger partial charge in [-0.25, -0.2) is 9.97 Å². The largest absolute Gasteiger partial charge is 0.325 e. The van der Waals surface area contributed by atoms with E-state index in [9.17, 15) is 4.79 Å². The molecule has 4 rings (SSSR count). The number of benzene rings is 3. The molecule has 0 aliphatic carbocycles. The summed E-state index contributed by atoms with van der Waals surface area (Å²) in [5, 5.41) is 5.14. The van der Waals surface area contributed by atoms with Crippen molar-refractivity contribution in [2.24, 2.45) is 0 Å². The van der Waals surface area contributed by atoms with Gasteiger partial charge in [0.1, 0.15) is 5.03 Å². The van der Waals surface area contributed by atoms with Gasteiger partial charge < -0.3 is 5.32 Å². The SMILES string of the molecule is Cc1ccc(NC(=O)CSc2nc(-c3ccccc3)nc3ccc(Cl)cc23)cc1C. The Balaban J connectivity index is 1.59. The molecule has 1 heterocycles. The van der Waals surface area contributed by atoms with Crippen molar-refractivity contribution in [1.29, 1.82) is 0 Å². The van der Waals surface area contributed by atoms with Crippen LogP contribution in [0.3, 0.4) is 0 Å². The maximum atomic E-state index is 12.5. The van der Waals surface area contributed by atoms with E-state index in [0.29, 0.717) is 10.8 Å². The number of nitrogens with one attached hydrogen (secondary N) is 1. The average Bonchev–Trinajstić information content (AvgIpc) is 2.75. The predicted octanol–water partition coefficient (Wildman–Crippen LogP) is 6.30. The summed E-state index contributed by atoms with van der Waals surface area (Å²) in [6.45, 7) is 4.08.